The van der Waals surface area contributed by atoms with E-state index in [-0.39, 0.29) is 19.8 Å². The Morgan fingerprint density at radius 3 is 1.20 bits per heavy atom. The molecule has 212 valence electrons. The Hall–Kier alpha value is -4.92. The Bertz CT molecular complexity index is 1290. The smallest absolute Gasteiger partial charge is 0.338 e. The zero-order valence-corrected chi connectivity index (χ0v) is 22.6. The Morgan fingerprint density at radius 1 is 0.537 bits per heavy atom. The standard InChI is InChI=1S/C17H16O4.C14H10O2.C2H6O2/c1-13(21-17(19)15-10-6-3-7-11-15)12-20-16(18)14-8-4-2-5-9-14;15-13(11-7-3-1-4-8-11)14(16)12-9-5-2-6-10-12;3-1-2-4/h2-11,13H,12H2,1H3;1-10H;3-4H,1-2H2. The molecule has 0 heterocycles. The number of rotatable bonds is 9. The lowest BCUT2D eigenvalue weighted by molar-refractivity contribution is 0.00448. The van der Waals surface area contributed by atoms with Gasteiger partial charge in [0.2, 0.25) is 11.6 Å². The fourth-order valence-corrected chi connectivity index (χ4v) is 3.15. The average molecular weight is 557 g/mol. The maximum Gasteiger partial charge on any atom is 0.338 e. The first-order chi connectivity index (χ1) is 19.9. The van der Waals surface area contributed by atoms with Crippen molar-refractivity contribution in [3.05, 3.63) is 144 Å². The van der Waals surface area contributed by atoms with Crippen molar-refractivity contribution in [3.63, 3.8) is 0 Å². The summed E-state index contributed by atoms with van der Waals surface area (Å²) in [6.07, 6.45) is -0.509. The van der Waals surface area contributed by atoms with Gasteiger partial charge >= 0.3 is 11.9 Å². The van der Waals surface area contributed by atoms with E-state index in [9.17, 15) is 19.2 Å². The first-order valence-corrected chi connectivity index (χ1v) is 12.8. The van der Waals surface area contributed by atoms with Crippen molar-refractivity contribution in [3.8, 4) is 0 Å². The molecule has 0 amide bonds. The van der Waals surface area contributed by atoms with Gasteiger partial charge in [-0.1, -0.05) is 97.1 Å². The molecule has 0 aliphatic carbocycles. The van der Waals surface area contributed by atoms with Crippen molar-refractivity contribution in [1.29, 1.82) is 0 Å². The first kappa shape index (κ1) is 32.3. The lowest BCUT2D eigenvalue weighted by atomic mass is 10.0. The molecule has 0 bridgehead atoms. The molecule has 4 rings (SSSR count). The van der Waals surface area contributed by atoms with E-state index in [1.807, 2.05) is 24.3 Å². The van der Waals surface area contributed by atoms with E-state index >= 15 is 0 Å². The van der Waals surface area contributed by atoms with Crippen LogP contribution in [0.1, 0.15) is 48.4 Å². The van der Waals surface area contributed by atoms with Gasteiger partial charge in [-0.05, 0) is 31.2 Å². The molecule has 0 aliphatic rings. The van der Waals surface area contributed by atoms with Gasteiger partial charge < -0.3 is 19.7 Å². The van der Waals surface area contributed by atoms with E-state index in [2.05, 4.69) is 0 Å². The normalized spacial score (nSPS) is 10.4. The van der Waals surface area contributed by atoms with E-state index in [0.717, 1.165) is 0 Å². The van der Waals surface area contributed by atoms with Crippen LogP contribution in [0.4, 0.5) is 0 Å². The highest BCUT2D eigenvalue weighted by Gasteiger charge is 2.17. The third-order valence-electron chi connectivity index (χ3n) is 5.15. The van der Waals surface area contributed by atoms with Crippen LogP contribution >= 0.6 is 0 Å². The molecule has 8 nitrogen and oxygen atoms in total. The fourth-order valence-electron chi connectivity index (χ4n) is 3.15. The molecule has 4 aromatic carbocycles. The van der Waals surface area contributed by atoms with Crippen LogP contribution < -0.4 is 0 Å². The van der Waals surface area contributed by atoms with E-state index in [1.54, 1.807) is 104 Å². The third kappa shape index (κ3) is 11.8. The highest BCUT2D eigenvalue weighted by Crippen LogP contribution is 2.08. The first-order valence-electron chi connectivity index (χ1n) is 12.8. The zero-order valence-electron chi connectivity index (χ0n) is 22.6. The quantitative estimate of drug-likeness (QED) is 0.171. The predicted octanol–water partition coefficient (Wildman–Crippen LogP) is 4.81. The second-order valence-electron chi connectivity index (χ2n) is 8.38. The number of aliphatic hydroxyl groups is 2. The second-order valence-corrected chi connectivity index (χ2v) is 8.38. The van der Waals surface area contributed by atoms with Crippen LogP contribution in [0.5, 0.6) is 0 Å². The fraction of sp³-hybridized carbons (Fsp3) is 0.152. The molecule has 2 N–H and O–H groups in total. The lowest BCUT2D eigenvalue weighted by Crippen LogP contribution is -2.22. The summed E-state index contributed by atoms with van der Waals surface area (Å²) in [6.45, 7) is 1.45. The van der Waals surface area contributed by atoms with Crippen LogP contribution in [0.15, 0.2) is 121 Å². The van der Waals surface area contributed by atoms with Crippen molar-refractivity contribution in [2.75, 3.05) is 19.8 Å². The van der Waals surface area contributed by atoms with Gasteiger partial charge in [-0.25, -0.2) is 9.59 Å². The van der Waals surface area contributed by atoms with Gasteiger partial charge in [0, 0.05) is 11.1 Å². The second kappa shape index (κ2) is 18.4. The largest absolute Gasteiger partial charge is 0.458 e. The van der Waals surface area contributed by atoms with Crippen LogP contribution in [-0.4, -0.2) is 59.6 Å². The van der Waals surface area contributed by atoms with Crippen LogP contribution in [0.2, 0.25) is 0 Å². The molecule has 0 saturated carbocycles. The number of carbonyl (C=O) groups is 4. The highest BCUT2D eigenvalue weighted by molar-refractivity contribution is 6.49. The predicted molar refractivity (Wildman–Crippen MR) is 154 cm³/mol. The summed E-state index contributed by atoms with van der Waals surface area (Å²) < 4.78 is 10.3. The van der Waals surface area contributed by atoms with Crippen molar-refractivity contribution in [1.82, 2.24) is 0 Å². The molecular weight excluding hydrogens is 524 g/mol. The minimum absolute atomic E-state index is 0.0201. The minimum atomic E-state index is -0.509. The molecule has 41 heavy (non-hydrogen) atoms. The van der Waals surface area contributed by atoms with Crippen molar-refractivity contribution < 1.29 is 38.9 Å². The molecule has 0 aliphatic heterocycles. The van der Waals surface area contributed by atoms with Gasteiger partial charge in [0.25, 0.3) is 0 Å². The summed E-state index contributed by atoms with van der Waals surface area (Å²) in [4.78, 5) is 47.1. The molecule has 1 atom stereocenters. The van der Waals surface area contributed by atoms with Gasteiger partial charge in [0.1, 0.15) is 12.7 Å². The number of ether oxygens (including phenoxy) is 2. The van der Waals surface area contributed by atoms with Gasteiger partial charge in [-0.2, -0.15) is 0 Å². The van der Waals surface area contributed by atoms with Crippen molar-refractivity contribution in [2.24, 2.45) is 0 Å². The van der Waals surface area contributed by atoms with Gasteiger partial charge in [-0.15, -0.1) is 0 Å². The zero-order chi connectivity index (χ0) is 29.9. The van der Waals surface area contributed by atoms with Gasteiger partial charge in [0.15, 0.2) is 0 Å². The molecule has 8 heteroatoms. The summed E-state index contributed by atoms with van der Waals surface area (Å²) >= 11 is 0. The lowest BCUT2D eigenvalue weighted by Gasteiger charge is -2.13. The van der Waals surface area contributed by atoms with E-state index < -0.39 is 29.6 Å². The maximum atomic E-state index is 11.8. The number of hydrogen-bond acceptors (Lipinski definition) is 8. The average Bonchev–Trinajstić information content (AvgIpc) is 3.05. The van der Waals surface area contributed by atoms with Crippen molar-refractivity contribution >= 4 is 23.5 Å². The molecule has 0 radical (unpaired) electrons. The summed E-state index contributed by atoms with van der Waals surface area (Å²) in [5.74, 6) is -1.80. The summed E-state index contributed by atoms with van der Waals surface area (Å²) in [5, 5.41) is 15.2. The molecule has 0 aromatic heterocycles. The van der Waals surface area contributed by atoms with E-state index in [1.165, 1.54) is 0 Å². The molecule has 0 spiro atoms. The molecule has 4 aromatic rings. The number of hydrogen-bond donors (Lipinski definition) is 2. The Morgan fingerprint density at radius 2 is 0.854 bits per heavy atom. The minimum Gasteiger partial charge on any atom is -0.458 e. The van der Waals surface area contributed by atoms with Crippen LogP contribution in [0.3, 0.4) is 0 Å². The molecule has 0 saturated heterocycles. The maximum absolute atomic E-state index is 11.8. The number of benzene rings is 4. The van der Waals surface area contributed by atoms with Gasteiger partial charge in [0.05, 0.1) is 24.3 Å². The monoisotopic (exact) mass is 556 g/mol. The summed E-state index contributed by atoms with van der Waals surface area (Å²) in [6, 6.07) is 34.5. The number of ketones is 2. The van der Waals surface area contributed by atoms with Crippen molar-refractivity contribution in [2.45, 2.75) is 13.0 Å². The summed E-state index contributed by atoms with van der Waals surface area (Å²) in [7, 11) is 0. The molecular formula is C33H32O8. The molecule has 1 unspecified atom stereocenters. The summed E-state index contributed by atoms with van der Waals surface area (Å²) in [5.41, 5.74) is 1.80. The van der Waals surface area contributed by atoms with E-state index in [4.69, 9.17) is 19.7 Å². The van der Waals surface area contributed by atoms with Crippen LogP contribution in [0.25, 0.3) is 0 Å². The third-order valence-corrected chi connectivity index (χ3v) is 5.15. The number of carbonyl (C=O) groups excluding carboxylic acids is 4. The Kier molecular flexibility index (Phi) is 14.5. The number of aliphatic hydroxyl groups excluding tert-OH is 2. The number of Topliss-reactive ketones (excluding diaryl/α,β-unsaturated/α-hetero) is 2. The topological polar surface area (TPSA) is 127 Å². The van der Waals surface area contributed by atoms with E-state index in [0.29, 0.717) is 22.3 Å². The van der Waals surface area contributed by atoms with Crippen LogP contribution in [0, 0.1) is 0 Å². The highest BCUT2D eigenvalue weighted by atomic mass is 16.6. The Balaban J connectivity index is 0.000000261. The van der Waals surface area contributed by atoms with Crippen LogP contribution in [-0.2, 0) is 9.47 Å². The number of esters is 2. The molecule has 0 fully saturated rings. The van der Waals surface area contributed by atoms with Gasteiger partial charge in [-0.3, -0.25) is 9.59 Å². The Labute approximate surface area is 238 Å². The SMILES string of the molecule is CC(COC(=O)c1ccccc1)OC(=O)c1ccccc1.O=C(C(=O)c1ccccc1)c1ccccc1.OCCO.